The van der Waals surface area contributed by atoms with Crippen LogP contribution in [0.4, 0.5) is 0 Å². The average molecular weight is 457 g/mol. The van der Waals surface area contributed by atoms with Crippen LogP contribution in [0.5, 0.6) is 5.75 Å². The highest BCUT2D eigenvalue weighted by Crippen LogP contribution is 2.24. The minimum Gasteiger partial charge on any atom is -0.491 e. The van der Waals surface area contributed by atoms with Gasteiger partial charge in [0.25, 0.3) is 0 Å². The second kappa shape index (κ2) is 10.4. The van der Waals surface area contributed by atoms with Gasteiger partial charge in [-0.15, -0.1) is 12.4 Å². The normalized spacial score (nSPS) is 18.6. The standard InChI is InChI=1S/C21H26BrNO3.ClH/c1-15-3-8-20(11-16(15)2)26-14-19(24)12-23-9-10-25-21(13-23)17-4-6-18(22)7-5-17;/h3-8,11,19,21,24H,9-10,12-14H2,1-2H3;1H. The molecule has 1 fully saturated rings. The van der Waals surface area contributed by atoms with Crippen LogP contribution in [0.1, 0.15) is 22.8 Å². The fourth-order valence-corrected chi connectivity index (χ4v) is 3.36. The minimum atomic E-state index is -0.528. The molecule has 1 saturated heterocycles. The lowest BCUT2D eigenvalue weighted by molar-refractivity contribution is -0.0459. The molecular weight excluding hydrogens is 430 g/mol. The molecule has 0 saturated carbocycles. The number of aliphatic hydroxyl groups excluding tert-OH is 1. The first-order valence-corrected chi connectivity index (χ1v) is 9.78. The molecule has 1 heterocycles. The summed E-state index contributed by atoms with van der Waals surface area (Å²) in [5, 5.41) is 10.4. The number of benzene rings is 2. The molecule has 6 heteroatoms. The number of ether oxygens (including phenoxy) is 2. The van der Waals surface area contributed by atoms with Gasteiger partial charge in [-0.05, 0) is 54.8 Å². The maximum Gasteiger partial charge on any atom is 0.119 e. The van der Waals surface area contributed by atoms with Gasteiger partial charge in [-0.25, -0.2) is 0 Å². The average Bonchev–Trinajstić information content (AvgIpc) is 2.63. The predicted molar refractivity (Wildman–Crippen MR) is 114 cm³/mol. The quantitative estimate of drug-likeness (QED) is 0.704. The summed E-state index contributed by atoms with van der Waals surface area (Å²) in [7, 11) is 0. The third-order valence-electron chi connectivity index (χ3n) is 4.78. The maximum absolute atomic E-state index is 10.4. The van der Waals surface area contributed by atoms with E-state index in [0.717, 1.165) is 23.3 Å². The van der Waals surface area contributed by atoms with Crippen LogP contribution in [0.15, 0.2) is 46.9 Å². The van der Waals surface area contributed by atoms with Crippen molar-refractivity contribution in [3.05, 3.63) is 63.6 Å². The molecule has 2 unspecified atom stereocenters. The SMILES string of the molecule is Cc1ccc(OCC(O)CN2CCOC(c3ccc(Br)cc3)C2)cc1C.Cl. The van der Waals surface area contributed by atoms with Gasteiger partial charge in [-0.3, -0.25) is 4.90 Å². The number of rotatable bonds is 6. The van der Waals surface area contributed by atoms with E-state index in [1.165, 1.54) is 16.7 Å². The predicted octanol–water partition coefficient (Wildman–Crippen LogP) is 4.30. The molecule has 27 heavy (non-hydrogen) atoms. The fraction of sp³-hybridized carbons (Fsp3) is 0.429. The summed E-state index contributed by atoms with van der Waals surface area (Å²) in [6.45, 7) is 7.30. The van der Waals surface area contributed by atoms with Gasteiger partial charge < -0.3 is 14.6 Å². The molecule has 0 aliphatic carbocycles. The van der Waals surface area contributed by atoms with E-state index < -0.39 is 6.10 Å². The van der Waals surface area contributed by atoms with Crippen LogP contribution in [0, 0.1) is 13.8 Å². The molecule has 0 aromatic heterocycles. The Hall–Kier alpha value is -1.11. The number of aryl methyl sites for hydroxylation is 2. The van der Waals surface area contributed by atoms with Crippen molar-refractivity contribution >= 4 is 28.3 Å². The molecule has 1 aliphatic rings. The summed E-state index contributed by atoms with van der Waals surface area (Å²) in [6, 6.07) is 14.2. The molecular formula is C21H27BrClNO3. The first kappa shape index (κ1) is 22.2. The van der Waals surface area contributed by atoms with Crippen molar-refractivity contribution in [2.45, 2.75) is 26.1 Å². The highest BCUT2D eigenvalue weighted by molar-refractivity contribution is 9.10. The van der Waals surface area contributed by atoms with Gasteiger partial charge in [0.1, 0.15) is 18.5 Å². The highest BCUT2D eigenvalue weighted by atomic mass is 79.9. The van der Waals surface area contributed by atoms with Crippen molar-refractivity contribution < 1.29 is 14.6 Å². The van der Waals surface area contributed by atoms with Gasteiger partial charge in [0.15, 0.2) is 0 Å². The Morgan fingerprint density at radius 3 is 2.63 bits per heavy atom. The van der Waals surface area contributed by atoms with Crippen LogP contribution in [-0.2, 0) is 4.74 Å². The molecule has 0 spiro atoms. The molecule has 0 amide bonds. The number of morpholine rings is 1. The van der Waals surface area contributed by atoms with Crippen LogP contribution < -0.4 is 4.74 Å². The van der Waals surface area contributed by atoms with Crippen molar-refractivity contribution in [2.75, 3.05) is 32.8 Å². The summed E-state index contributed by atoms with van der Waals surface area (Å²) in [5.74, 6) is 0.807. The Bertz CT molecular complexity index is 726. The fourth-order valence-electron chi connectivity index (χ4n) is 3.09. The Morgan fingerprint density at radius 2 is 1.93 bits per heavy atom. The summed E-state index contributed by atoms with van der Waals surface area (Å²) >= 11 is 3.46. The summed E-state index contributed by atoms with van der Waals surface area (Å²) in [4.78, 5) is 2.24. The van der Waals surface area contributed by atoms with Crippen LogP contribution in [0.2, 0.25) is 0 Å². The highest BCUT2D eigenvalue weighted by Gasteiger charge is 2.23. The zero-order valence-electron chi connectivity index (χ0n) is 15.7. The Labute approximate surface area is 176 Å². The molecule has 148 valence electrons. The second-order valence-corrected chi connectivity index (χ2v) is 7.80. The zero-order valence-corrected chi connectivity index (χ0v) is 18.1. The van der Waals surface area contributed by atoms with Gasteiger partial charge in [0.05, 0.1) is 12.7 Å². The lowest BCUT2D eigenvalue weighted by atomic mass is 10.1. The molecule has 3 rings (SSSR count). The van der Waals surface area contributed by atoms with Crippen LogP contribution >= 0.6 is 28.3 Å². The van der Waals surface area contributed by atoms with Crippen molar-refractivity contribution in [1.29, 1.82) is 0 Å². The van der Waals surface area contributed by atoms with Crippen molar-refractivity contribution in [3.8, 4) is 5.75 Å². The number of β-amino-alcohol motifs (C(OH)–C–C–N with tert-alkyl or cyclic N) is 1. The van der Waals surface area contributed by atoms with E-state index >= 15 is 0 Å². The Balaban J connectivity index is 0.00000261. The molecule has 2 aromatic rings. The van der Waals surface area contributed by atoms with Gasteiger partial charge in [0, 0.05) is 24.1 Å². The molecule has 1 N–H and O–H groups in total. The lowest BCUT2D eigenvalue weighted by Crippen LogP contribution is -2.43. The third kappa shape index (κ3) is 6.47. The van der Waals surface area contributed by atoms with Gasteiger partial charge in [0.2, 0.25) is 0 Å². The molecule has 0 radical (unpaired) electrons. The van der Waals surface area contributed by atoms with E-state index in [4.69, 9.17) is 9.47 Å². The zero-order chi connectivity index (χ0) is 18.5. The topological polar surface area (TPSA) is 41.9 Å². The number of nitrogens with zero attached hydrogens (tertiary/aromatic N) is 1. The van der Waals surface area contributed by atoms with E-state index in [-0.39, 0.29) is 18.5 Å². The van der Waals surface area contributed by atoms with Gasteiger partial charge in [-0.2, -0.15) is 0 Å². The van der Waals surface area contributed by atoms with E-state index in [1.807, 2.05) is 30.3 Å². The van der Waals surface area contributed by atoms with E-state index in [2.05, 4.69) is 46.8 Å². The molecule has 4 nitrogen and oxygen atoms in total. The van der Waals surface area contributed by atoms with Crippen LogP contribution in [0.3, 0.4) is 0 Å². The van der Waals surface area contributed by atoms with Crippen molar-refractivity contribution in [1.82, 2.24) is 4.90 Å². The van der Waals surface area contributed by atoms with E-state index in [1.54, 1.807) is 0 Å². The first-order valence-electron chi connectivity index (χ1n) is 8.99. The summed E-state index contributed by atoms with van der Waals surface area (Å²) in [5.41, 5.74) is 3.60. The number of hydrogen-bond donors (Lipinski definition) is 1. The maximum atomic E-state index is 10.4. The van der Waals surface area contributed by atoms with Gasteiger partial charge in [-0.1, -0.05) is 34.1 Å². The summed E-state index contributed by atoms with van der Waals surface area (Å²) in [6.07, 6.45) is -0.481. The van der Waals surface area contributed by atoms with Crippen molar-refractivity contribution in [2.24, 2.45) is 0 Å². The Morgan fingerprint density at radius 1 is 1.19 bits per heavy atom. The first-order chi connectivity index (χ1) is 12.5. The van der Waals surface area contributed by atoms with E-state index in [0.29, 0.717) is 19.8 Å². The number of aliphatic hydroxyl groups is 1. The Kier molecular flexibility index (Phi) is 8.58. The molecule has 1 aliphatic heterocycles. The smallest absolute Gasteiger partial charge is 0.119 e. The van der Waals surface area contributed by atoms with Gasteiger partial charge >= 0.3 is 0 Å². The largest absolute Gasteiger partial charge is 0.491 e. The molecule has 0 bridgehead atoms. The number of halogens is 2. The van der Waals surface area contributed by atoms with Crippen LogP contribution in [-0.4, -0.2) is 49.0 Å². The van der Waals surface area contributed by atoms with E-state index in [9.17, 15) is 5.11 Å². The number of hydrogen-bond acceptors (Lipinski definition) is 4. The lowest BCUT2D eigenvalue weighted by Gasteiger charge is -2.34. The summed E-state index contributed by atoms with van der Waals surface area (Å²) < 4.78 is 12.7. The molecule has 2 aromatic carbocycles. The minimum absolute atomic E-state index is 0. The monoisotopic (exact) mass is 455 g/mol. The second-order valence-electron chi connectivity index (χ2n) is 6.88. The third-order valence-corrected chi connectivity index (χ3v) is 5.31. The van der Waals surface area contributed by atoms with Crippen molar-refractivity contribution in [3.63, 3.8) is 0 Å². The van der Waals surface area contributed by atoms with Crippen LogP contribution in [0.25, 0.3) is 0 Å². The molecule has 2 atom stereocenters.